The maximum atomic E-state index is 12.9. The lowest BCUT2D eigenvalue weighted by molar-refractivity contribution is 0.289. The van der Waals surface area contributed by atoms with E-state index in [1.54, 1.807) is 24.4 Å². The molecule has 0 saturated heterocycles. The highest BCUT2D eigenvalue weighted by molar-refractivity contribution is 5.81. The first-order valence-corrected chi connectivity index (χ1v) is 10.2. The Morgan fingerprint density at radius 1 is 0.844 bits per heavy atom. The molecule has 32 heavy (non-hydrogen) atoms. The van der Waals surface area contributed by atoms with E-state index in [2.05, 4.69) is 10.3 Å². The first kappa shape index (κ1) is 19.5. The number of anilines is 2. The molecular formula is C26H20N4O2. The van der Waals surface area contributed by atoms with Gasteiger partial charge in [-0.15, -0.1) is 0 Å². The van der Waals surface area contributed by atoms with Crippen molar-refractivity contribution < 1.29 is 4.74 Å². The first-order valence-electron chi connectivity index (χ1n) is 10.2. The first-order chi connectivity index (χ1) is 15.8. The van der Waals surface area contributed by atoms with Crippen LogP contribution in [-0.2, 0) is 6.61 Å². The summed E-state index contributed by atoms with van der Waals surface area (Å²) in [5.74, 6) is 1.16. The van der Waals surface area contributed by atoms with E-state index in [4.69, 9.17) is 9.72 Å². The number of hydrogen-bond donors (Lipinski definition) is 1. The fraction of sp³-hybridized carbons (Fsp3) is 0.0385. The van der Waals surface area contributed by atoms with Crippen LogP contribution in [0.5, 0.6) is 5.88 Å². The number of aromatic nitrogens is 3. The second kappa shape index (κ2) is 8.73. The van der Waals surface area contributed by atoms with Gasteiger partial charge >= 0.3 is 0 Å². The second-order valence-corrected chi connectivity index (χ2v) is 7.19. The van der Waals surface area contributed by atoms with E-state index >= 15 is 0 Å². The number of pyridine rings is 3. The van der Waals surface area contributed by atoms with Crippen LogP contribution in [0.3, 0.4) is 0 Å². The Bertz CT molecular complexity index is 1400. The summed E-state index contributed by atoms with van der Waals surface area (Å²) in [6.45, 7) is 0.242. The number of fused-ring (bicyclic) bond motifs is 1. The third kappa shape index (κ3) is 4.06. The standard InChI is InChI=1S/C26H20N4O2/c31-23-17-24(28-19-9-3-1-4-10-19)30(21-11-5-2-6-12-21)26-22(23)15-14-20(29-26)18-32-25-13-7-8-16-27-25/h1-17,28H,18H2. The minimum Gasteiger partial charge on any atom is -0.471 e. The Labute approximate surface area is 184 Å². The Morgan fingerprint density at radius 2 is 1.59 bits per heavy atom. The summed E-state index contributed by atoms with van der Waals surface area (Å²) in [4.78, 5) is 21.9. The normalized spacial score (nSPS) is 10.8. The maximum absolute atomic E-state index is 12.9. The van der Waals surface area contributed by atoms with Crippen LogP contribution in [-0.4, -0.2) is 14.5 Å². The van der Waals surface area contributed by atoms with E-state index in [9.17, 15) is 4.79 Å². The van der Waals surface area contributed by atoms with Crippen molar-refractivity contribution >= 4 is 22.5 Å². The Hall–Kier alpha value is -4.45. The molecule has 0 unspecified atom stereocenters. The molecule has 0 bridgehead atoms. The molecule has 6 nitrogen and oxygen atoms in total. The monoisotopic (exact) mass is 420 g/mol. The zero-order chi connectivity index (χ0) is 21.8. The van der Waals surface area contributed by atoms with Gasteiger partial charge in [0.15, 0.2) is 5.43 Å². The number of rotatable bonds is 6. The van der Waals surface area contributed by atoms with Crippen molar-refractivity contribution in [1.29, 1.82) is 0 Å². The van der Waals surface area contributed by atoms with Gasteiger partial charge in [0.25, 0.3) is 0 Å². The predicted molar refractivity (Wildman–Crippen MR) is 126 cm³/mol. The van der Waals surface area contributed by atoms with Gasteiger partial charge in [0.2, 0.25) is 5.88 Å². The SMILES string of the molecule is O=c1cc(Nc2ccccc2)n(-c2ccccc2)c2nc(COc3ccccn3)ccc12. The van der Waals surface area contributed by atoms with Crippen molar-refractivity contribution in [3.63, 3.8) is 0 Å². The van der Waals surface area contributed by atoms with E-state index in [1.165, 1.54) is 0 Å². The van der Waals surface area contributed by atoms with Crippen LogP contribution in [0.1, 0.15) is 5.69 Å². The van der Waals surface area contributed by atoms with E-state index in [0.29, 0.717) is 28.4 Å². The van der Waals surface area contributed by atoms with Crippen molar-refractivity contribution in [2.45, 2.75) is 6.61 Å². The minimum atomic E-state index is -0.102. The summed E-state index contributed by atoms with van der Waals surface area (Å²) in [5, 5.41) is 3.90. The van der Waals surface area contributed by atoms with E-state index in [-0.39, 0.29) is 12.0 Å². The van der Waals surface area contributed by atoms with Crippen molar-refractivity contribution in [3.8, 4) is 11.6 Å². The third-order valence-electron chi connectivity index (χ3n) is 4.99. The van der Waals surface area contributed by atoms with Crippen molar-refractivity contribution in [1.82, 2.24) is 14.5 Å². The summed E-state index contributed by atoms with van der Waals surface area (Å²) in [7, 11) is 0. The average molecular weight is 420 g/mol. The number of nitrogens with zero attached hydrogens (tertiary/aromatic N) is 3. The molecule has 6 heteroatoms. The quantitative estimate of drug-likeness (QED) is 0.414. The highest BCUT2D eigenvalue weighted by atomic mass is 16.5. The molecule has 0 amide bonds. The molecule has 0 spiro atoms. The third-order valence-corrected chi connectivity index (χ3v) is 4.99. The molecular weight excluding hydrogens is 400 g/mol. The van der Waals surface area contributed by atoms with E-state index in [0.717, 1.165) is 11.4 Å². The van der Waals surface area contributed by atoms with Crippen LogP contribution < -0.4 is 15.5 Å². The number of ether oxygens (including phenoxy) is 1. The molecule has 1 N–H and O–H groups in total. The molecule has 0 aliphatic carbocycles. The van der Waals surface area contributed by atoms with Gasteiger partial charge in [-0.1, -0.05) is 42.5 Å². The molecule has 0 radical (unpaired) electrons. The van der Waals surface area contributed by atoms with E-state index in [1.807, 2.05) is 83.4 Å². The molecule has 2 aromatic carbocycles. The molecule has 0 aliphatic rings. The lowest BCUT2D eigenvalue weighted by atomic mass is 10.2. The Balaban J connectivity index is 1.63. The van der Waals surface area contributed by atoms with Crippen LogP contribution in [0.15, 0.2) is 108 Å². The maximum Gasteiger partial charge on any atom is 0.213 e. The highest BCUT2D eigenvalue weighted by Crippen LogP contribution is 2.24. The summed E-state index contributed by atoms with van der Waals surface area (Å²) in [5.41, 5.74) is 2.93. The Morgan fingerprint density at radius 3 is 2.34 bits per heavy atom. The van der Waals surface area contributed by atoms with Gasteiger partial charge in [0.05, 0.1) is 11.1 Å². The van der Waals surface area contributed by atoms with Crippen LogP contribution in [0, 0.1) is 0 Å². The Kier molecular flexibility index (Phi) is 5.32. The van der Waals surface area contributed by atoms with Crippen LogP contribution in [0.4, 0.5) is 11.5 Å². The van der Waals surface area contributed by atoms with Gasteiger partial charge in [-0.2, -0.15) is 0 Å². The zero-order valence-electron chi connectivity index (χ0n) is 17.2. The molecule has 3 heterocycles. The minimum absolute atomic E-state index is 0.102. The number of benzene rings is 2. The van der Waals surface area contributed by atoms with Gasteiger partial charge < -0.3 is 10.1 Å². The largest absolute Gasteiger partial charge is 0.471 e. The number of hydrogen-bond acceptors (Lipinski definition) is 5. The average Bonchev–Trinajstić information content (AvgIpc) is 2.85. The predicted octanol–water partition coefficient (Wildman–Crippen LogP) is 5.10. The molecule has 5 aromatic rings. The molecule has 0 aliphatic heterocycles. The zero-order valence-corrected chi connectivity index (χ0v) is 17.2. The lowest BCUT2D eigenvalue weighted by Crippen LogP contribution is -2.14. The van der Waals surface area contributed by atoms with Crippen LogP contribution in [0.2, 0.25) is 0 Å². The lowest BCUT2D eigenvalue weighted by Gasteiger charge is -2.18. The van der Waals surface area contributed by atoms with Gasteiger partial charge in [0.1, 0.15) is 18.1 Å². The van der Waals surface area contributed by atoms with Gasteiger partial charge in [-0.25, -0.2) is 9.97 Å². The van der Waals surface area contributed by atoms with Gasteiger partial charge in [0, 0.05) is 29.7 Å². The van der Waals surface area contributed by atoms with Crippen LogP contribution >= 0.6 is 0 Å². The molecule has 0 fully saturated rings. The molecule has 5 rings (SSSR count). The molecule has 3 aromatic heterocycles. The van der Waals surface area contributed by atoms with Gasteiger partial charge in [-0.3, -0.25) is 9.36 Å². The number of nitrogens with one attached hydrogen (secondary N) is 1. The fourth-order valence-electron chi connectivity index (χ4n) is 3.49. The van der Waals surface area contributed by atoms with Gasteiger partial charge in [-0.05, 0) is 42.5 Å². The topological polar surface area (TPSA) is 69.0 Å². The smallest absolute Gasteiger partial charge is 0.213 e. The molecule has 0 saturated carbocycles. The molecule has 0 atom stereocenters. The van der Waals surface area contributed by atoms with E-state index < -0.39 is 0 Å². The van der Waals surface area contributed by atoms with Crippen molar-refractivity contribution in [2.24, 2.45) is 0 Å². The summed E-state index contributed by atoms with van der Waals surface area (Å²) < 4.78 is 7.72. The molecule has 156 valence electrons. The highest BCUT2D eigenvalue weighted by Gasteiger charge is 2.14. The summed E-state index contributed by atoms with van der Waals surface area (Å²) in [6.07, 6.45) is 1.68. The van der Waals surface area contributed by atoms with Crippen molar-refractivity contribution in [3.05, 3.63) is 119 Å². The van der Waals surface area contributed by atoms with Crippen molar-refractivity contribution in [2.75, 3.05) is 5.32 Å². The summed E-state index contributed by atoms with van der Waals surface area (Å²) >= 11 is 0. The fourth-order valence-corrected chi connectivity index (χ4v) is 3.49. The second-order valence-electron chi connectivity index (χ2n) is 7.19. The van der Waals surface area contributed by atoms with Crippen LogP contribution in [0.25, 0.3) is 16.7 Å². The summed E-state index contributed by atoms with van der Waals surface area (Å²) in [6, 6.07) is 30.3. The number of para-hydroxylation sites is 2.